The fraction of sp³-hybridized carbons (Fsp3) is 0.621. The van der Waals surface area contributed by atoms with Crippen LogP contribution >= 0.6 is 0 Å². The van der Waals surface area contributed by atoms with Crippen molar-refractivity contribution in [3.63, 3.8) is 0 Å². The summed E-state index contributed by atoms with van der Waals surface area (Å²) in [4.78, 5) is 54.5. The van der Waals surface area contributed by atoms with Gasteiger partial charge in [0.15, 0.2) is 0 Å². The number of imide groups is 1. The van der Waals surface area contributed by atoms with Crippen LogP contribution in [0.15, 0.2) is 23.0 Å². The number of nitrogens with one attached hydrogen (secondary N) is 3. The molecule has 1 saturated heterocycles. The van der Waals surface area contributed by atoms with Gasteiger partial charge in [0.25, 0.3) is 5.56 Å². The van der Waals surface area contributed by atoms with E-state index in [0.717, 1.165) is 17.8 Å². The van der Waals surface area contributed by atoms with E-state index >= 15 is 0 Å². The van der Waals surface area contributed by atoms with Crippen molar-refractivity contribution < 1.29 is 19.1 Å². The number of rotatable bonds is 9. The van der Waals surface area contributed by atoms with Crippen molar-refractivity contribution in [1.82, 2.24) is 20.2 Å². The molecule has 2 heterocycles. The van der Waals surface area contributed by atoms with Crippen molar-refractivity contribution in [3.8, 4) is 0 Å². The maximum atomic E-state index is 13.5. The van der Waals surface area contributed by atoms with E-state index in [1.807, 2.05) is 0 Å². The van der Waals surface area contributed by atoms with Crippen LogP contribution in [0.5, 0.6) is 0 Å². The first-order valence-corrected chi connectivity index (χ1v) is 14.3. The summed E-state index contributed by atoms with van der Waals surface area (Å²) in [7, 11) is 0. The fourth-order valence-corrected chi connectivity index (χ4v) is 7.98. The van der Waals surface area contributed by atoms with E-state index < -0.39 is 11.9 Å². The van der Waals surface area contributed by atoms with Gasteiger partial charge >= 0.3 is 5.97 Å². The van der Waals surface area contributed by atoms with Crippen LogP contribution in [0.3, 0.4) is 0 Å². The van der Waals surface area contributed by atoms with Gasteiger partial charge in [0, 0.05) is 30.7 Å². The zero-order valence-corrected chi connectivity index (χ0v) is 22.5. The summed E-state index contributed by atoms with van der Waals surface area (Å²) in [5, 5.41) is 9.59. The van der Waals surface area contributed by atoms with Crippen LogP contribution in [0.25, 0.3) is 10.9 Å². The Morgan fingerprint density at radius 3 is 2.51 bits per heavy atom. The molecular formula is C29H37N5O5. The van der Waals surface area contributed by atoms with Crippen LogP contribution in [0.4, 0.5) is 5.69 Å². The van der Waals surface area contributed by atoms with Gasteiger partial charge in [0.1, 0.15) is 18.5 Å². The summed E-state index contributed by atoms with van der Waals surface area (Å²) >= 11 is 0. The van der Waals surface area contributed by atoms with Gasteiger partial charge in [-0.3, -0.25) is 29.1 Å². The predicted molar refractivity (Wildman–Crippen MR) is 145 cm³/mol. The first-order valence-electron chi connectivity index (χ1n) is 14.3. The number of amides is 2. The topological polar surface area (TPSA) is 131 Å². The summed E-state index contributed by atoms with van der Waals surface area (Å²) in [6.45, 7) is 3.01. The molecule has 10 nitrogen and oxygen atoms in total. The highest BCUT2D eigenvalue weighted by molar-refractivity contribution is 5.99. The normalized spacial score (nSPS) is 29.5. The minimum absolute atomic E-state index is 0.161. The molecule has 2 aromatic rings. The number of hydrogen-bond donors (Lipinski definition) is 3. The molecule has 1 aliphatic heterocycles. The van der Waals surface area contributed by atoms with Crippen molar-refractivity contribution in [2.75, 3.05) is 25.0 Å². The summed E-state index contributed by atoms with van der Waals surface area (Å²) in [5.74, 6) is 1.91. The highest BCUT2D eigenvalue weighted by atomic mass is 16.5. The zero-order valence-electron chi connectivity index (χ0n) is 22.5. The van der Waals surface area contributed by atoms with Crippen molar-refractivity contribution >= 4 is 34.4 Å². The van der Waals surface area contributed by atoms with E-state index in [1.165, 1.54) is 43.1 Å². The van der Waals surface area contributed by atoms with Gasteiger partial charge in [-0.2, -0.15) is 0 Å². The third-order valence-electron chi connectivity index (χ3n) is 9.18. The molecule has 1 aromatic carbocycles. The van der Waals surface area contributed by atoms with Crippen molar-refractivity contribution in [3.05, 3.63) is 34.4 Å². The molecule has 4 bridgehead atoms. The van der Waals surface area contributed by atoms with Crippen molar-refractivity contribution in [1.29, 1.82) is 0 Å². The molecule has 4 aliphatic carbocycles. The summed E-state index contributed by atoms with van der Waals surface area (Å²) in [5.41, 5.74) is 0.949. The molecule has 0 spiro atoms. The van der Waals surface area contributed by atoms with Crippen molar-refractivity contribution in [2.45, 2.75) is 76.3 Å². The van der Waals surface area contributed by atoms with Gasteiger partial charge in [-0.25, -0.2) is 4.98 Å². The molecule has 7 rings (SSSR count). The monoisotopic (exact) mass is 535 g/mol. The molecule has 5 aliphatic rings. The Morgan fingerprint density at radius 1 is 1.10 bits per heavy atom. The summed E-state index contributed by atoms with van der Waals surface area (Å²) in [6, 6.07) is 4.51. The number of carbonyl (C=O) groups excluding carboxylic acids is 3. The minimum Gasteiger partial charge on any atom is -0.464 e. The molecule has 3 N–H and O–H groups in total. The lowest BCUT2D eigenvalue weighted by Gasteiger charge is -2.57. The number of hydrogen-bond acceptors (Lipinski definition) is 8. The Balaban J connectivity index is 1.04. The highest BCUT2D eigenvalue weighted by Gasteiger charge is 2.50. The number of aromatic nitrogens is 2. The highest BCUT2D eigenvalue weighted by Crippen LogP contribution is 2.55. The predicted octanol–water partition coefficient (Wildman–Crippen LogP) is 2.59. The molecule has 2 amide bonds. The average molecular weight is 536 g/mol. The molecular weight excluding hydrogens is 498 g/mol. The van der Waals surface area contributed by atoms with Gasteiger partial charge in [0.05, 0.1) is 17.3 Å². The average Bonchev–Trinajstić information content (AvgIpc) is 2.87. The van der Waals surface area contributed by atoms with E-state index in [0.29, 0.717) is 42.1 Å². The Labute approximate surface area is 227 Å². The quantitative estimate of drug-likeness (QED) is 0.254. The number of fused-ring (bicyclic) bond motifs is 1. The minimum atomic E-state index is -0.790. The summed E-state index contributed by atoms with van der Waals surface area (Å²) < 4.78 is 6.86. The van der Waals surface area contributed by atoms with Crippen LogP contribution in [0.2, 0.25) is 0 Å². The molecule has 1 atom stereocenters. The fourth-order valence-electron chi connectivity index (χ4n) is 7.98. The number of piperidine rings is 1. The standard InChI is InChI=1S/C29H37N5O5/c1-17-32-22-4-2-3-21(26(22)28(38)34(17)23-5-6-24(35)33-27(23)37)30-8-7-25(36)39-10-9-31-29-14-18-11-19(15-29)13-20(12-18)16-29/h2-4,18-20,23,30-31H,5-16H2,1H3,(H,33,35,37). The second-order valence-corrected chi connectivity index (χ2v) is 12.0. The molecule has 208 valence electrons. The first kappa shape index (κ1) is 26.0. The number of aryl methyl sites for hydroxylation is 1. The Hall–Kier alpha value is -3.27. The van der Waals surface area contributed by atoms with E-state index in [9.17, 15) is 19.2 Å². The van der Waals surface area contributed by atoms with E-state index in [1.54, 1.807) is 25.1 Å². The molecule has 1 aromatic heterocycles. The molecule has 4 saturated carbocycles. The third-order valence-corrected chi connectivity index (χ3v) is 9.18. The van der Waals surface area contributed by atoms with Crippen LogP contribution < -0.4 is 21.5 Å². The van der Waals surface area contributed by atoms with Gasteiger partial charge in [-0.05, 0) is 81.8 Å². The van der Waals surface area contributed by atoms with Gasteiger partial charge in [-0.1, -0.05) is 6.07 Å². The number of ether oxygens (including phenoxy) is 1. The lowest BCUT2D eigenvalue weighted by Crippen LogP contribution is -2.58. The second kappa shape index (κ2) is 10.4. The van der Waals surface area contributed by atoms with Gasteiger partial charge in [0.2, 0.25) is 11.8 Å². The Morgan fingerprint density at radius 2 is 1.82 bits per heavy atom. The summed E-state index contributed by atoms with van der Waals surface area (Å²) in [6.07, 6.45) is 8.58. The zero-order chi connectivity index (χ0) is 27.1. The maximum absolute atomic E-state index is 13.5. The molecule has 39 heavy (non-hydrogen) atoms. The van der Waals surface area contributed by atoms with Crippen LogP contribution in [0.1, 0.15) is 69.7 Å². The van der Waals surface area contributed by atoms with Gasteiger partial charge in [-0.15, -0.1) is 0 Å². The number of benzene rings is 1. The number of esters is 1. The molecule has 5 fully saturated rings. The lowest BCUT2D eigenvalue weighted by molar-refractivity contribution is -0.143. The lowest BCUT2D eigenvalue weighted by atomic mass is 9.53. The molecule has 0 radical (unpaired) electrons. The molecule has 10 heteroatoms. The second-order valence-electron chi connectivity index (χ2n) is 12.0. The van der Waals surface area contributed by atoms with Crippen LogP contribution in [0, 0.1) is 24.7 Å². The number of nitrogens with zero attached hydrogens (tertiary/aromatic N) is 2. The SMILES string of the molecule is Cc1nc2cccc(NCCC(=O)OCCNC34CC5CC(CC(C5)C3)C4)c2c(=O)n1C1CCC(=O)NC1=O. The first-order chi connectivity index (χ1) is 18.8. The largest absolute Gasteiger partial charge is 0.464 e. The van der Waals surface area contributed by atoms with Gasteiger partial charge < -0.3 is 15.4 Å². The van der Waals surface area contributed by atoms with E-state index in [4.69, 9.17) is 4.74 Å². The van der Waals surface area contributed by atoms with Crippen molar-refractivity contribution in [2.24, 2.45) is 17.8 Å². The Bertz CT molecular complexity index is 1330. The maximum Gasteiger partial charge on any atom is 0.307 e. The van der Waals surface area contributed by atoms with E-state index in [-0.39, 0.29) is 42.2 Å². The third kappa shape index (κ3) is 5.18. The van der Waals surface area contributed by atoms with Crippen LogP contribution in [-0.2, 0) is 19.1 Å². The molecule has 1 unspecified atom stereocenters. The Kier molecular flexibility index (Phi) is 6.91. The van der Waals surface area contributed by atoms with Crippen LogP contribution in [-0.4, -0.2) is 52.6 Å². The number of carbonyl (C=O) groups is 3. The smallest absolute Gasteiger partial charge is 0.307 e. The van der Waals surface area contributed by atoms with E-state index in [2.05, 4.69) is 20.9 Å². The number of anilines is 1.